The Kier molecular flexibility index (Phi) is 4.14. The van der Waals surface area contributed by atoms with Gasteiger partial charge in [-0.15, -0.1) is 0 Å². The standard InChI is InChI=1S/C12H14N4OS/c13-11(14-6-9-4-2-1-3-5-9)15-7-10-8-18-12(17)16-10/h1-5,8H,6-7H2,(H,16,17)(H3,13,14,15). The van der Waals surface area contributed by atoms with Crippen LogP contribution < -0.4 is 15.9 Å². The zero-order valence-electron chi connectivity index (χ0n) is 9.72. The lowest BCUT2D eigenvalue weighted by molar-refractivity contribution is 0.857. The Morgan fingerprint density at radius 1 is 1.39 bits per heavy atom. The molecule has 1 heterocycles. The molecule has 5 nitrogen and oxygen atoms in total. The summed E-state index contributed by atoms with van der Waals surface area (Å²) < 4.78 is 0. The number of nitrogens with two attached hydrogens (primary N) is 1. The third-order valence-electron chi connectivity index (χ3n) is 2.31. The summed E-state index contributed by atoms with van der Waals surface area (Å²) in [4.78, 5) is 17.8. The fourth-order valence-corrected chi connectivity index (χ4v) is 1.98. The second-order valence-corrected chi connectivity index (χ2v) is 4.56. The van der Waals surface area contributed by atoms with Gasteiger partial charge in [0.2, 0.25) is 0 Å². The number of guanidine groups is 1. The molecule has 0 unspecified atom stereocenters. The quantitative estimate of drug-likeness (QED) is 0.568. The second-order valence-electron chi connectivity index (χ2n) is 3.71. The fourth-order valence-electron chi connectivity index (χ4n) is 1.40. The molecular weight excluding hydrogens is 248 g/mol. The van der Waals surface area contributed by atoms with Crippen LogP contribution in [0.5, 0.6) is 0 Å². The largest absolute Gasteiger partial charge is 0.370 e. The molecule has 0 saturated heterocycles. The molecule has 0 aliphatic heterocycles. The Hall–Kier alpha value is -2.08. The lowest BCUT2D eigenvalue weighted by atomic mass is 10.2. The molecule has 0 amide bonds. The number of benzene rings is 1. The van der Waals surface area contributed by atoms with Gasteiger partial charge in [0.15, 0.2) is 5.96 Å². The van der Waals surface area contributed by atoms with Gasteiger partial charge < -0.3 is 16.0 Å². The molecule has 4 N–H and O–H groups in total. The Morgan fingerprint density at radius 2 is 2.17 bits per heavy atom. The lowest BCUT2D eigenvalue weighted by Gasteiger charge is -2.03. The first-order chi connectivity index (χ1) is 8.74. The minimum atomic E-state index is -0.0633. The topological polar surface area (TPSA) is 83.3 Å². The van der Waals surface area contributed by atoms with Crippen molar-refractivity contribution in [2.24, 2.45) is 10.7 Å². The molecule has 2 rings (SSSR count). The smallest absolute Gasteiger partial charge is 0.304 e. The van der Waals surface area contributed by atoms with Gasteiger partial charge in [-0.2, -0.15) is 0 Å². The highest BCUT2D eigenvalue weighted by Crippen LogP contribution is 1.99. The molecule has 0 aliphatic rings. The number of thiazole rings is 1. The number of H-pyrrole nitrogens is 1. The van der Waals surface area contributed by atoms with Crippen LogP contribution in [0.1, 0.15) is 11.3 Å². The monoisotopic (exact) mass is 262 g/mol. The van der Waals surface area contributed by atoms with E-state index in [9.17, 15) is 4.79 Å². The number of rotatable bonds is 4. The molecule has 2 aromatic rings. The predicted molar refractivity (Wildman–Crippen MR) is 73.5 cm³/mol. The summed E-state index contributed by atoms with van der Waals surface area (Å²) in [6.45, 7) is 1.02. The van der Waals surface area contributed by atoms with Crippen LogP contribution in [-0.4, -0.2) is 10.9 Å². The van der Waals surface area contributed by atoms with E-state index in [0.717, 1.165) is 22.6 Å². The van der Waals surface area contributed by atoms with Crippen molar-refractivity contribution in [2.45, 2.75) is 13.1 Å². The zero-order chi connectivity index (χ0) is 12.8. The van der Waals surface area contributed by atoms with Gasteiger partial charge in [-0.3, -0.25) is 4.79 Å². The number of hydrogen-bond donors (Lipinski definition) is 3. The van der Waals surface area contributed by atoms with Crippen LogP contribution >= 0.6 is 11.3 Å². The van der Waals surface area contributed by atoms with Gasteiger partial charge in [0.1, 0.15) is 0 Å². The minimum absolute atomic E-state index is 0.0633. The number of aliphatic imine (C=N–C) groups is 1. The molecular formula is C12H14N4OS. The molecule has 1 aromatic carbocycles. The van der Waals surface area contributed by atoms with Gasteiger partial charge >= 0.3 is 4.87 Å². The van der Waals surface area contributed by atoms with Gasteiger partial charge in [-0.25, -0.2) is 4.99 Å². The Labute approximate surface area is 108 Å². The van der Waals surface area contributed by atoms with Crippen molar-refractivity contribution in [1.82, 2.24) is 10.3 Å². The summed E-state index contributed by atoms with van der Waals surface area (Å²) in [6, 6.07) is 9.87. The van der Waals surface area contributed by atoms with Crippen molar-refractivity contribution < 1.29 is 0 Å². The van der Waals surface area contributed by atoms with E-state index in [1.54, 1.807) is 5.38 Å². The van der Waals surface area contributed by atoms with Crippen LogP contribution in [0.2, 0.25) is 0 Å². The molecule has 0 aliphatic carbocycles. The molecule has 0 radical (unpaired) electrons. The first-order valence-corrected chi connectivity index (χ1v) is 6.36. The van der Waals surface area contributed by atoms with Crippen LogP contribution in [-0.2, 0) is 13.1 Å². The lowest BCUT2D eigenvalue weighted by Crippen LogP contribution is -2.31. The van der Waals surface area contributed by atoms with Crippen molar-refractivity contribution in [3.8, 4) is 0 Å². The summed E-state index contributed by atoms with van der Waals surface area (Å²) in [5.41, 5.74) is 7.64. The van der Waals surface area contributed by atoms with E-state index in [0.29, 0.717) is 19.0 Å². The third kappa shape index (κ3) is 3.74. The Morgan fingerprint density at radius 3 is 2.83 bits per heavy atom. The maximum atomic E-state index is 10.9. The van der Waals surface area contributed by atoms with Crippen LogP contribution in [0, 0.1) is 0 Å². The maximum Gasteiger partial charge on any atom is 0.304 e. The van der Waals surface area contributed by atoms with E-state index >= 15 is 0 Å². The molecule has 0 fully saturated rings. The van der Waals surface area contributed by atoms with Gasteiger partial charge in [0, 0.05) is 11.1 Å². The second kappa shape index (κ2) is 6.02. The molecule has 18 heavy (non-hydrogen) atoms. The predicted octanol–water partition coefficient (Wildman–Crippen LogP) is 1.04. The molecule has 0 bridgehead atoms. The van der Waals surface area contributed by atoms with Crippen LogP contribution in [0.15, 0.2) is 45.5 Å². The summed E-state index contributed by atoms with van der Waals surface area (Å²) in [7, 11) is 0. The van der Waals surface area contributed by atoms with Gasteiger partial charge in [0.25, 0.3) is 0 Å². The van der Waals surface area contributed by atoms with Crippen LogP contribution in [0.4, 0.5) is 0 Å². The van der Waals surface area contributed by atoms with Gasteiger partial charge in [0.05, 0.1) is 13.1 Å². The van der Waals surface area contributed by atoms with E-state index in [2.05, 4.69) is 15.3 Å². The van der Waals surface area contributed by atoms with E-state index in [1.165, 1.54) is 0 Å². The van der Waals surface area contributed by atoms with E-state index in [-0.39, 0.29) is 4.87 Å². The summed E-state index contributed by atoms with van der Waals surface area (Å²) >= 11 is 1.13. The highest BCUT2D eigenvalue weighted by Gasteiger charge is 1.97. The molecule has 0 saturated carbocycles. The number of nitrogens with one attached hydrogen (secondary N) is 2. The van der Waals surface area contributed by atoms with Crippen molar-refractivity contribution >= 4 is 17.3 Å². The number of nitrogens with zero attached hydrogens (tertiary/aromatic N) is 1. The zero-order valence-corrected chi connectivity index (χ0v) is 10.5. The first-order valence-electron chi connectivity index (χ1n) is 5.48. The summed E-state index contributed by atoms with van der Waals surface area (Å²) in [6.07, 6.45) is 0. The van der Waals surface area contributed by atoms with Gasteiger partial charge in [-0.05, 0) is 5.56 Å². The Balaban J connectivity index is 1.84. The third-order valence-corrected chi connectivity index (χ3v) is 3.02. The van der Waals surface area contributed by atoms with E-state index in [1.807, 2.05) is 30.3 Å². The minimum Gasteiger partial charge on any atom is -0.370 e. The first kappa shape index (κ1) is 12.4. The highest BCUT2D eigenvalue weighted by molar-refractivity contribution is 7.07. The van der Waals surface area contributed by atoms with Crippen molar-refractivity contribution in [3.05, 3.63) is 56.6 Å². The number of hydrogen-bond acceptors (Lipinski definition) is 3. The number of aromatic nitrogens is 1. The average molecular weight is 262 g/mol. The van der Waals surface area contributed by atoms with E-state index in [4.69, 9.17) is 5.73 Å². The van der Waals surface area contributed by atoms with E-state index < -0.39 is 0 Å². The van der Waals surface area contributed by atoms with Crippen molar-refractivity contribution in [3.63, 3.8) is 0 Å². The van der Waals surface area contributed by atoms with Crippen molar-refractivity contribution in [1.29, 1.82) is 0 Å². The van der Waals surface area contributed by atoms with Crippen LogP contribution in [0.3, 0.4) is 0 Å². The molecule has 6 heteroatoms. The van der Waals surface area contributed by atoms with Crippen LogP contribution in [0.25, 0.3) is 0 Å². The SMILES string of the molecule is NC(=NCc1ccccc1)NCc1csc(=O)[nH]1. The summed E-state index contributed by atoms with van der Waals surface area (Å²) in [5, 5.41) is 4.71. The Bertz CT molecular complexity index is 573. The molecule has 0 atom stereocenters. The molecule has 94 valence electrons. The molecule has 0 spiro atoms. The summed E-state index contributed by atoms with van der Waals surface area (Å²) in [5.74, 6) is 0.367. The number of aromatic amines is 1. The maximum absolute atomic E-state index is 10.9. The highest BCUT2D eigenvalue weighted by atomic mass is 32.1. The normalized spacial score (nSPS) is 11.4. The average Bonchev–Trinajstić information content (AvgIpc) is 2.81. The van der Waals surface area contributed by atoms with Gasteiger partial charge in [-0.1, -0.05) is 41.7 Å². The molecule has 1 aromatic heterocycles. The fraction of sp³-hybridized carbons (Fsp3) is 0.167. The van der Waals surface area contributed by atoms with Crippen molar-refractivity contribution in [2.75, 3.05) is 0 Å².